The Balaban J connectivity index is 1.56. The van der Waals surface area contributed by atoms with Gasteiger partial charge in [-0.1, -0.05) is 18.5 Å². The van der Waals surface area contributed by atoms with Crippen LogP contribution in [0.5, 0.6) is 0 Å². The summed E-state index contributed by atoms with van der Waals surface area (Å²) in [7, 11) is 0. The molecule has 2 fully saturated rings. The fraction of sp³-hybridized carbons (Fsp3) is 0.875. The molecular formula is C16H27N3O2. The molecule has 0 amide bonds. The quantitative estimate of drug-likeness (QED) is 0.737. The van der Waals surface area contributed by atoms with Crippen molar-refractivity contribution in [3.63, 3.8) is 0 Å². The number of hydrogen-bond acceptors (Lipinski definition) is 5. The summed E-state index contributed by atoms with van der Waals surface area (Å²) in [6.45, 7) is 5.97. The van der Waals surface area contributed by atoms with Gasteiger partial charge in [0.2, 0.25) is 5.89 Å². The fourth-order valence-corrected chi connectivity index (χ4v) is 3.19. The normalized spacial score (nSPS) is 22.9. The third kappa shape index (κ3) is 4.27. The summed E-state index contributed by atoms with van der Waals surface area (Å²) in [5, 5.41) is 4.06. The van der Waals surface area contributed by atoms with E-state index in [0.29, 0.717) is 6.10 Å². The highest BCUT2D eigenvalue weighted by molar-refractivity contribution is 4.88. The van der Waals surface area contributed by atoms with Crippen LogP contribution in [0.4, 0.5) is 0 Å². The van der Waals surface area contributed by atoms with Crippen LogP contribution in [0.3, 0.4) is 0 Å². The van der Waals surface area contributed by atoms with Crippen LogP contribution >= 0.6 is 0 Å². The van der Waals surface area contributed by atoms with E-state index in [1.165, 1.54) is 32.1 Å². The van der Waals surface area contributed by atoms with Gasteiger partial charge in [-0.3, -0.25) is 4.90 Å². The Morgan fingerprint density at radius 1 is 1.19 bits per heavy atom. The molecule has 1 saturated heterocycles. The second kappa shape index (κ2) is 7.36. The summed E-state index contributed by atoms with van der Waals surface area (Å²) < 4.78 is 11.2. The molecule has 1 aliphatic carbocycles. The lowest BCUT2D eigenvalue weighted by atomic mass is 9.85. The van der Waals surface area contributed by atoms with Crippen LogP contribution in [0, 0.1) is 5.92 Å². The van der Waals surface area contributed by atoms with Gasteiger partial charge in [-0.25, -0.2) is 0 Å². The van der Waals surface area contributed by atoms with Gasteiger partial charge in [-0.2, -0.15) is 4.98 Å². The monoisotopic (exact) mass is 293 g/mol. The van der Waals surface area contributed by atoms with Crippen molar-refractivity contribution in [1.82, 2.24) is 15.0 Å². The number of hydrogen-bond donors (Lipinski definition) is 0. The van der Waals surface area contributed by atoms with Crippen LogP contribution in [0.1, 0.15) is 57.2 Å². The van der Waals surface area contributed by atoms with Crippen molar-refractivity contribution in [2.75, 3.05) is 19.7 Å². The van der Waals surface area contributed by atoms with Crippen molar-refractivity contribution >= 4 is 0 Å². The molecule has 0 radical (unpaired) electrons. The zero-order valence-corrected chi connectivity index (χ0v) is 13.1. The van der Waals surface area contributed by atoms with Gasteiger partial charge >= 0.3 is 0 Å². The van der Waals surface area contributed by atoms with E-state index in [1.807, 2.05) is 0 Å². The minimum atomic E-state index is 0.392. The SMILES string of the molecule is CCCc1noc(CN(CC2CCC2)C[C@@H]2CCCO2)n1. The molecule has 5 heteroatoms. The van der Waals surface area contributed by atoms with Gasteiger partial charge in [0.25, 0.3) is 0 Å². The average Bonchev–Trinajstić information content (AvgIpc) is 3.06. The van der Waals surface area contributed by atoms with E-state index < -0.39 is 0 Å². The number of aromatic nitrogens is 2. The van der Waals surface area contributed by atoms with Crippen LogP contribution in [0.2, 0.25) is 0 Å². The van der Waals surface area contributed by atoms with Gasteiger partial charge in [0.15, 0.2) is 5.82 Å². The van der Waals surface area contributed by atoms with Crippen LogP contribution in [0.25, 0.3) is 0 Å². The lowest BCUT2D eigenvalue weighted by molar-refractivity contribution is 0.0538. The number of rotatable bonds is 8. The molecule has 1 saturated carbocycles. The smallest absolute Gasteiger partial charge is 0.240 e. The third-order valence-electron chi connectivity index (χ3n) is 4.57. The van der Waals surface area contributed by atoms with Gasteiger partial charge < -0.3 is 9.26 Å². The van der Waals surface area contributed by atoms with E-state index >= 15 is 0 Å². The van der Waals surface area contributed by atoms with Crippen molar-refractivity contribution in [2.45, 2.75) is 64.5 Å². The molecule has 0 spiro atoms. The van der Waals surface area contributed by atoms with Crippen LogP contribution < -0.4 is 0 Å². The Hall–Kier alpha value is -0.940. The van der Waals surface area contributed by atoms with Crippen molar-refractivity contribution in [3.05, 3.63) is 11.7 Å². The van der Waals surface area contributed by atoms with E-state index in [-0.39, 0.29) is 0 Å². The molecule has 2 heterocycles. The van der Waals surface area contributed by atoms with E-state index in [1.54, 1.807) is 0 Å². The largest absolute Gasteiger partial charge is 0.377 e. The molecular weight excluding hydrogens is 266 g/mol. The van der Waals surface area contributed by atoms with Gasteiger partial charge in [0.1, 0.15) is 0 Å². The van der Waals surface area contributed by atoms with E-state index in [4.69, 9.17) is 9.26 Å². The molecule has 5 nitrogen and oxygen atoms in total. The molecule has 0 aromatic carbocycles. The molecule has 118 valence electrons. The predicted octanol–water partition coefficient (Wildman–Crippen LogP) is 2.80. The average molecular weight is 293 g/mol. The van der Waals surface area contributed by atoms with E-state index in [9.17, 15) is 0 Å². The first kappa shape index (κ1) is 15.0. The minimum absolute atomic E-state index is 0.392. The standard InChI is InChI=1S/C16H27N3O2/c1-2-5-15-17-16(21-18-15)12-19(10-13-6-3-7-13)11-14-8-4-9-20-14/h13-14H,2-12H2,1H3/t14-/m0/s1. The van der Waals surface area contributed by atoms with Gasteiger partial charge in [-0.05, 0) is 38.0 Å². The summed E-state index contributed by atoms with van der Waals surface area (Å²) >= 11 is 0. The summed E-state index contributed by atoms with van der Waals surface area (Å²) in [4.78, 5) is 6.97. The minimum Gasteiger partial charge on any atom is -0.377 e. The highest BCUT2D eigenvalue weighted by Gasteiger charge is 2.25. The first-order valence-corrected chi connectivity index (χ1v) is 8.49. The topological polar surface area (TPSA) is 51.4 Å². The molecule has 0 bridgehead atoms. The maximum Gasteiger partial charge on any atom is 0.240 e. The summed E-state index contributed by atoms with van der Waals surface area (Å²) in [6.07, 6.45) is 8.86. The number of nitrogens with zero attached hydrogens (tertiary/aromatic N) is 3. The van der Waals surface area contributed by atoms with Crippen LogP contribution in [-0.4, -0.2) is 40.8 Å². The first-order valence-electron chi connectivity index (χ1n) is 8.49. The van der Waals surface area contributed by atoms with Crippen molar-refractivity contribution in [2.24, 2.45) is 5.92 Å². The van der Waals surface area contributed by atoms with Crippen molar-refractivity contribution in [1.29, 1.82) is 0 Å². The molecule has 1 atom stereocenters. The molecule has 0 N–H and O–H groups in total. The molecule has 1 aliphatic heterocycles. The first-order chi connectivity index (χ1) is 10.3. The zero-order chi connectivity index (χ0) is 14.5. The highest BCUT2D eigenvalue weighted by atomic mass is 16.5. The second-order valence-corrected chi connectivity index (χ2v) is 6.48. The van der Waals surface area contributed by atoms with Crippen LogP contribution in [-0.2, 0) is 17.7 Å². The summed E-state index contributed by atoms with van der Waals surface area (Å²) in [5.74, 6) is 2.45. The Morgan fingerprint density at radius 3 is 2.76 bits per heavy atom. The van der Waals surface area contributed by atoms with Crippen molar-refractivity contribution < 1.29 is 9.26 Å². The zero-order valence-electron chi connectivity index (χ0n) is 13.1. The van der Waals surface area contributed by atoms with Crippen molar-refractivity contribution in [3.8, 4) is 0 Å². The van der Waals surface area contributed by atoms with Crippen LogP contribution in [0.15, 0.2) is 4.52 Å². The fourth-order valence-electron chi connectivity index (χ4n) is 3.19. The summed E-state index contributed by atoms with van der Waals surface area (Å²) in [5.41, 5.74) is 0. The Labute approximate surface area is 127 Å². The Bertz CT molecular complexity index is 425. The number of aryl methyl sites for hydroxylation is 1. The van der Waals surface area contributed by atoms with E-state index in [2.05, 4.69) is 22.0 Å². The lowest BCUT2D eigenvalue weighted by Crippen LogP contribution is -2.37. The maximum atomic E-state index is 5.79. The molecule has 21 heavy (non-hydrogen) atoms. The number of ether oxygens (including phenoxy) is 1. The molecule has 0 unspecified atom stereocenters. The Kier molecular flexibility index (Phi) is 5.25. The predicted molar refractivity (Wildman–Crippen MR) is 79.9 cm³/mol. The van der Waals surface area contributed by atoms with Gasteiger partial charge in [0, 0.05) is 26.1 Å². The molecule has 2 aliphatic rings. The van der Waals surface area contributed by atoms with Gasteiger partial charge in [0.05, 0.1) is 12.6 Å². The molecule has 3 rings (SSSR count). The Morgan fingerprint density at radius 2 is 2.10 bits per heavy atom. The highest BCUT2D eigenvalue weighted by Crippen LogP contribution is 2.28. The summed E-state index contributed by atoms with van der Waals surface area (Å²) in [6, 6.07) is 0. The third-order valence-corrected chi connectivity index (χ3v) is 4.57. The maximum absolute atomic E-state index is 5.79. The second-order valence-electron chi connectivity index (χ2n) is 6.48. The molecule has 1 aromatic heterocycles. The lowest BCUT2D eigenvalue weighted by Gasteiger charge is -2.32. The van der Waals surface area contributed by atoms with E-state index in [0.717, 1.165) is 56.7 Å². The molecule has 1 aromatic rings. The van der Waals surface area contributed by atoms with Gasteiger partial charge in [-0.15, -0.1) is 0 Å².